The molecule has 0 saturated heterocycles. The Balaban J connectivity index is 5.38. The summed E-state index contributed by atoms with van der Waals surface area (Å²) < 4.78 is 30.2. The topological polar surface area (TPSA) is 114 Å². The number of quaternary nitrogens is 1. The predicted octanol–water partition coefficient (Wildman–Crippen LogP) is 16.9. The number of likely N-dealkylation sites (N-methyl/N-ethyl adjacent to an activating group) is 1. The van der Waals surface area contributed by atoms with E-state index in [2.05, 4.69) is 74.7 Å². The largest absolute Gasteiger partial charge is 0.756 e. The van der Waals surface area contributed by atoms with Crippen LogP contribution in [0, 0.1) is 0 Å². The van der Waals surface area contributed by atoms with Gasteiger partial charge in [-0.3, -0.25) is 14.2 Å². The number of phosphoric acid groups is 1. The van der Waals surface area contributed by atoms with Crippen molar-refractivity contribution in [2.24, 2.45) is 0 Å². The van der Waals surface area contributed by atoms with Gasteiger partial charge in [-0.25, -0.2) is 0 Å². The van der Waals surface area contributed by atoms with E-state index in [1.54, 1.807) is 0 Å². The Kier molecular flexibility index (Phi) is 48.6. The second-order valence-electron chi connectivity index (χ2n) is 20.8. The van der Waals surface area contributed by atoms with Gasteiger partial charge in [-0.2, -0.15) is 0 Å². The van der Waals surface area contributed by atoms with Crippen molar-refractivity contribution in [3.63, 3.8) is 0 Å². The van der Waals surface area contributed by atoms with Crippen LogP contribution >= 0.6 is 7.82 Å². The number of nitrogens with one attached hydrogen (secondary N) is 1. The first kappa shape index (κ1) is 67.7. The van der Waals surface area contributed by atoms with Gasteiger partial charge in [0.05, 0.1) is 33.8 Å². The van der Waals surface area contributed by atoms with E-state index in [9.17, 15) is 19.0 Å². The quantitative estimate of drug-likeness (QED) is 0.0212. The van der Waals surface area contributed by atoms with E-state index >= 15 is 0 Å². The first-order chi connectivity index (χ1) is 33.9. The van der Waals surface area contributed by atoms with E-state index in [-0.39, 0.29) is 24.9 Å². The number of ether oxygens (including phenoxy) is 1. The standard InChI is InChI=1S/C60H111N2O7P/c1-7-10-13-16-19-22-25-28-30-31-32-34-37-40-43-46-49-52-59(63)61-57(56-68-70(65,66)67-55-54-62(4,5)6)58(51-48-45-42-39-36-33-27-24-21-18-15-12-9-3)69-60(64)53-50-47-44-41-38-35-29-26-23-20-17-14-11-8-2/h11,14,20,23,28-30,35,48,51,57-58H,7-10,12-13,15-19,21-22,24-27,31-34,36-47,49-50,52-56H2,1-6H3,(H-,61,63,65,66)/b14-11+,23-20+,30-28+,35-29+,51-48+. The summed E-state index contributed by atoms with van der Waals surface area (Å²) in [6, 6.07) is -0.899. The molecule has 10 heteroatoms. The molecule has 0 spiro atoms. The van der Waals surface area contributed by atoms with Gasteiger partial charge in [0.15, 0.2) is 0 Å². The molecule has 9 nitrogen and oxygen atoms in total. The molecule has 0 fully saturated rings. The zero-order chi connectivity index (χ0) is 51.5. The second kappa shape index (κ2) is 50.3. The molecular weight excluding hydrogens is 892 g/mol. The van der Waals surface area contributed by atoms with E-state index in [0.29, 0.717) is 23.9 Å². The third-order valence-electron chi connectivity index (χ3n) is 12.7. The predicted molar refractivity (Wildman–Crippen MR) is 298 cm³/mol. The lowest BCUT2D eigenvalue weighted by atomic mass is 10.0. The average Bonchev–Trinajstić information content (AvgIpc) is 3.32. The van der Waals surface area contributed by atoms with Crippen LogP contribution in [0.3, 0.4) is 0 Å². The van der Waals surface area contributed by atoms with Gasteiger partial charge in [-0.1, -0.05) is 217 Å². The fourth-order valence-corrected chi connectivity index (χ4v) is 8.90. The number of hydrogen-bond acceptors (Lipinski definition) is 7. The van der Waals surface area contributed by atoms with Gasteiger partial charge in [0.1, 0.15) is 19.3 Å². The van der Waals surface area contributed by atoms with Crippen LogP contribution in [0.25, 0.3) is 0 Å². The van der Waals surface area contributed by atoms with Gasteiger partial charge in [0, 0.05) is 12.8 Å². The minimum Gasteiger partial charge on any atom is -0.756 e. The third kappa shape index (κ3) is 50.6. The summed E-state index contributed by atoms with van der Waals surface area (Å²) in [7, 11) is 1.17. The highest BCUT2D eigenvalue weighted by atomic mass is 31.2. The number of phosphoric ester groups is 1. The minimum absolute atomic E-state index is 0.0280. The second-order valence-corrected chi connectivity index (χ2v) is 22.2. The van der Waals surface area contributed by atoms with Crippen molar-refractivity contribution in [3.8, 4) is 0 Å². The van der Waals surface area contributed by atoms with E-state index in [4.69, 9.17) is 13.8 Å². The van der Waals surface area contributed by atoms with Crippen LogP contribution in [-0.2, 0) is 27.9 Å². The number of hydrogen-bond donors (Lipinski definition) is 1. The van der Waals surface area contributed by atoms with E-state index < -0.39 is 26.6 Å². The molecule has 0 rings (SSSR count). The van der Waals surface area contributed by atoms with Crippen molar-refractivity contribution < 1.29 is 37.3 Å². The molecular formula is C60H111N2O7P. The summed E-state index contributed by atoms with van der Waals surface area (Å²) in [6.45, 7) is 6.71. The SMILES string of the molecule is CC/C=C/C/C=C/C/C=C/CCCCCCC(=O)OC(/C=C/CCCCCCCCCCCCC)C(COP(=O)([O-])OCC[N+](C)(C)C)NC(=O)CCCCCCCCC/C=C/CCCCCCCC. The molecule has 3 atom stereocenters. The average molecular weight is 1000 g/mol. The van der Waals surface area contributed by atoms with Crippen LogP contribution in [0.1, 0.15) is 258 Å². The van der Waals surface area contributed by atoms with Gasteiger partial charge in [0.25, 0.3) is 7.82 Å². The van der Waals surface area contributed by atoms with Gasteiger partial charge in [-0.05, 0) is 89.5 Å². The highest BCUT2D eigenvalue weighted by Crippen LogP contribution is 2.38. The summed E-state index contributed by atoms with van der Waals surface area (Å²) in [4.78, 5) is 39.9. The molecule has 1 amide bonds. The van der Waals surface area contributed by atoms with Crippen LogP contribution in [-0.4, -0.2) is 69.4 Å². The van der Waals surface area contributed by atoms with Crippen molar-refractivity contribution >= 4 is 19.7 Å². The van der Waals surface area contributed by atoms with Gasteiger partial charge in [-0.15, -0.1) is 0 Å². The summed E-state index contributed by atoms with van der Waals surface area (Å²) >= 11 is 0. The number of carbonyl (C=O) groups is 2. The van der Waals surface area contributed by atoms with Gasteiger partial charge >= 0.3 is 5.97 Å². The van der Waals surface area contributed by atoms with Crippen molar-refractivity contribution in [2.75, 3.05) is 40.9 Å². The normalized spacial score (nSPS) is 14.2. The van der Waals surface area contributed by atoms with Crippen molar-refractivity contribution in [1.29, 1.82) is 0 Å². The molecule has 0 heterocycles. The van der Waals surface area contributed by atoms with E-state index in [1.165, 1.54) is 122 Å². The lowest BCUT2D eigenvalue weighted by Gasteiger charge is -2.30. The fraction of sp³-hybridized carbons (Fsp3) is 0.800. The zero-order valence-electron chi connectivity index (χ0n) is 46.5. The highest BCUT2D eigenvalue weighted by molar-refractivity contribution is 7.45. The molecule has 1 N–H and O–H groups in total. The molecule has 0 aromatic rings. The van der Waals surface area contributed by atoms with Crippen molar-refractivity contribution in [2.45, 2.75) is 270 Å². The number of unbranched alkanes of at least 4 members (excludes halogenated alkanes) is 28. The molecule has 0 aromatic heterocycles. The monoisotopic (exact) mass is 1000 g/mol. The minimum atomic E-state index is -4.70. The Morgan fingerprint density at radius 3 is 1.39 bits per heavy atom. The molecule has 0 aliphatic heterocycles. The van der Waals surface area contributed by atoms with E-state index in [1.807, 2.05) is 33.3 Å². The van der Waals surface area contributed by atoms with Crippen LogP contribution < -0.4 is 10.2 Å². The number of amides is 1. The van der Waals surface area contributed by atoms with Crippen molar-refractivity contribution in [3.05, 3.63) is 60.8 Å². The molecule has 0 saturated carbocycles. The maximum Gasteiger partial charge on any atom is 0.306 e. The zero-order valence-corrected chi connectivity index (χ0v) is 47.4. The van der Waals surface area contributed by atoms with Gasteiger partial charge in [0.2, 0.25) is 5.91 Å². The summed E-state index contributed by atoms with van der Waals surface area (Å²) in [6.07, 6.45) is 61.8. The Hall–Kier alpha value is -2.29. The van der Waals surface area contributed by atoms with Crippen LogP contribution in [0.15, 0.2) is 60.8 Å². The van der Waals surface area contributed by atoms with Gasteiger partial charge < -0.3 is 28.5 Å². The smallest absolute Gasteiger partial charge is 0.306 e. The summed E-state index contributed by atoms with van der Waals surface area (Å²) in [5.74, 6) is -0.570. The maximum absolute atomic E-state index is 13.5. The molecule has 0 aliphatic carbocycles. The lowest BCUT2D eigenvalue weighted by Crippen LogP contribution is -2.47. The molecule has 3 unspecified atom stereocenters. The number of allylic oxidation sites excluding steroid dienone is 9. The number of esters is 1. The molecule has 70 heavy (non-hydrogen) atoms. The Morgan fingerprint density at radius 2 is 0.914 bits per heavy atom. The van der Waals surface area contributed by atoms with Crippen molar-refractivity contribution in [1.82, 2.24) is 5.32 Å². The Labute approximate surface area is 432 Å². The molecule has 0 aromatic carbocycles. The Bertz CT molecular complexity index is 1390. The van der Waals surface area contributed by atoms with Crippen LogP contribution in [0.5, 0.6) is 0 Å². The number of nitrogens with zero attached hydrogens (tertiary/aromatic N) is 1. The lowest BCUT2D eigenvalue weighted by molar-refractivity contribution is -0.870. The highest BCUT2D eigenvalue weighted by Gasteiger charge is 2.27. The number of carbonyl (C=O) groups excluding carboxylic acids is 2. The maximum atomic E-state index is 13.5. The first-order valence-electron chi connectivity index (χ1n) is 29.1. The summed E-state index contributed by atoms with van der Waals surface area (Å²) in [5, 5.41) is 3.02. The Morgan fingerprint density at radius 1 is 0.514 bits per heavy atom. The van der Waals surface area contributed by atoms with Crippen LogP contribution in [0.2, 0.25) is 0 Å². The van der Waals surface area contributed by atoms with Crippen LogP contribution in [0.4, 0.5) is 0 Å². The molecule has 408 valence electrons. The molecule has 0 radical (unpaired) electrons. The fourth-order valence-electron chi connectivity index (χ4n) is 8.18. The van der Waals surface area contributed by atoms with E-state index in [0.717, 1.165) is 96.3 Å². The molecule has 0 aliphatic rings. The molecule has 0 bridgehead atoms. The summed E-state index contributed by atoms with van der Waals surface area (Å²) in [5.41, 5.74) is 0. The number of rotatable bonds is 52. The first-order valence-corrected chi connectivity index (χ1v) is 30.6. The third-order valence-corrected chi connectivity index (χ3v) is 13.6.